The molecule has 3 aromatic rings. The van der Waals surface area contributed by atoms with Crippen molar-refractivity contribution in [1.29, 1.82) is 0 Å². The highest BCUT2D eigenvalue weighted by atomic mass is 15.2. The van der Waals surface area contributed by atoms with Gasteiger partial charge in [0.15, 0.2) is 0 Å². The van der Waals surface area contributed by atoms with Crippen LogP contribution in [-0.2, 0) is 0 Å². The number of hydrogen-bond acceptors (Lipinski definition) is 3. The topological polar surface area (TPSA) is 42.2 Å². The second-order valence-corrected chi connectivity index (χ2v) is 7.33. The van der Waals surface area contributed by atoms with Crippen LogP contribution in [0.4, 0.5) is 0 Å². The second kappa shape index (κ2) is 14.2. The minimum atomic E-state index is 0.660. The summed E-state index contributed by atoms with van der Waals surface area (Å²) in [5.74, 6) is 0. The van der Waals surface area contributed by atoms with Gasteiger partial charge in [-0.3, -0.25) is 4.98 Å². The van der Waals surface area contributed by atoms with Crippen LogP contribution in [0.3, 0.4) is 0 Å². The monoisotopic (exact) mass is 420 g/mol. The van der Waals surface area contributed by atoms with E-state index in [-0.39, 0.29) is 0 Å². The Morgan fingerprint density at radius 1 is 1.16 bits per heavy atom. The first-order chi connectivity index (χ1) is 15.0. The molecule has 3 aromatic heterocycles. The lowest BCUT2D eigenvalue weighted by molar-refractivity contribution is 0.495. The summed E-state index contributed by atoms with van der Waals surface area (Å²) in [5, 5.41) is 7.53. The fourth-order valence-corrected chi connectivity index (χ4v) is 3.42. The van der Waals surface area contributed by atoms with Crippen molar-refractivity contribution in [2.24, 2.45) is 0 Å². The van der Waals surface area contributed by atoms with E-state index in [1.54, 1.807) is 12.4 Å². The van der Waals surface area contributed by atoms with E-state index in [2.05, 4.69) is 61.5 Å². The lowest BCUT2D eigenvalue weighted by atomic mass is 9.99. The molecule has 1 N–H and O–H groups in total. The van der Waals surface area contributed by atoms with Gasteiger partial charge in [0.1, 0.15) is 0 Å². The molecule has 31 heavy (non-hydrogen) atoms. The van der Waals surface area contributed by atoms with E-state index in [9.17, 15) is 0 Å². The van der Waals surface area contributed by atoms with Crippen molar-refractivity contribution >= 4 is 11.1 Å². The van der Waals surface area contributed by atoms with Crippen LogP contribution < -0.4 is 5.32 Å². The molecule has 0 aliphatic carbocycles. The van der Waals surface area contributed by atoms with E-state index >= 15 is 0 Å². The Hall–Kier alpha value is -2.88. The number of nitrogens with one attached hydrogen (secondary N) is 1. The molecule has 168 valence electrons. The SMILES string of the molecule is C=C(c1ccn2ncc(C)c2c1)c1cccnc1C.C=CNC(CCC)CCC.CC. The third kappa shape index (κ3) is 7.71. The maximum absolute atomic E-state index is 4.32. The molecule has 0 atom stereocenters. The van der Waals surface area contributed by atoms with Gasteiger partial charge < -0.3 is 5.32 Å². The molecule has 4 nitrogen and oxygen atoms in total. The van der Waals surface area contributed by atoms with Crippen LogP contribution >= 0.6 is 0 Å². The summed E-state index contributed by atoms with van der Waals surface area (Å²) in [6.07, 6.45) is 12.5. The van der Waals surface area contributed by atoms with Crippen molar-refractivity contribution in [3.05, 3.63) is 84.6 Å². The number of nitrogens with zero attached hydrogens (tertiary/aromatic N) is 3. The van der Waals surface area contributed by atoms with E-state index in [1.165, 1.54) is 25.7 Å². The maximum Gasteiger partial charge on any atom is 0.0696 e. The van der Waals surface area contributed by atoms with Gasteiger partial charge in [-0.25, -0.2) is 4.52 Å². The predicted molar refractivity (Wildman–Crippen MR) is 135 cm³/mol. The number of rotatable bonds is 8. The van der Waals surface area contributed by atoms with E-state index in [4.69, 9.17) is 0 Å². The lowest BCUT2D eigenvalue weighted by Crippen LogP contribution is -2.23. The molecule has 0 fully saturated rings. The molecule has 0 saturated heterocycles. The standard InChI is InChI=1S/C16H15N3.C9H19N.C2H6/c1-11-10-18-19-8-6-14(9-16(11)19)12(2)15-5-4-7-17-13(15)3;1-4-7-9(8-5-2)10-6-3;1-2/h4-10H,2H2,1,3H3;6,9-10H,3-5,7-8H2,1-2H3;1-2H3. The zero-order chi connectivity index (χ0) is 23.2. The van der Waals surface area contributed by atoms with Crippen LogP contribution in [-0.4, -0.2) is 20.6 Å². The molecule has 0 amide bonds. The molecule has 0 aromatic carbocycles. The van der Waals surface area contributed by atoms with Gasteiger partial charge >= 0.3 is 0 Å². The predicted octanol–water partition coefficient (Wildman–Crippen LogP) is 7.12. The molecule has 0 saturated carbocycles. The van der Waals surface area contributed by atoms with E-state index < -0.39 is 0 Å². The Kier molecular flexibility index (Phi) is 12.0. The first-order valence-corrected chi connectivity index (χ1v) is 11.4. The minimum absolute atomic E-state index is 0.660. The molecule has 0 spiro atoms. The van der Waals surface area contributed by atoms with Gasteiger partial charge in [-0.2, -0.15) is 5.10 Å². The molecule has 3 rings (SSSR count). The molecule has 0 bridgehead atoms. The van der Waals surface area contributed by atoms with Gasteiger partial charge in [0.05, 0.1) is 11.7 Å². The van der Waals surface area contributed by atoms with E-state index in [1.807, 2.05) is 49.8 Å². The third-order valence-corrected chi connectivity index (χ3v) is 5.02. The van der Waals surface area contributed by atoms with E-state index in [0.717, 1.165) is 33.5 Å². The van der Waals surface area contributed by atoms with Crippen LogP contribution in [0.5, 0.6) is 0 Å². The van der Waals surface area contributed by atoms with Gasteiger partial charge in [-0.1, -0.05) is 59.8 Å². The number of aromatic nitrogens is 3. The summed E-state index contributed by atoms with van der Waals surface area (Å²) in [6, 6.07) is 8.81. The van der Waals surface area contributed by atoms with Gasteiger partial charge in [0, 0.05) is 29.7 Å². The summed E-state index contributed by atoms with van der Waals surface area (Å²) in [4.78, 5) is 4.32. The van der Waals surface area contributed by atoms with Crippen molar-refractivity contribution in [1.82, 2.24) is 19.9 Å². The van der Waals surface area contributed by atoms with Crippen LogP contribution in [0.2, 0.25) is 0 Å². The Morgan fingerprint density at radius 2 is 1.84 bits per heavy atom. The fourth-order valence-electron chi connectivity index (χ4n) is 3.42. The fraction of sp³-hybridized carbons (Fsp3) is 0.407. The highest BCUT2D eigenvalue weighted by molar-refractivity contribution is 5.81. The quantitative estimate of drug-likeness (QED) is 0.422. The van der Waals surface area contributed by atoms with Gasteiger partial charge in [0.2, 0.25) is 0 Å². The van der Waals surface area contributed by atoms with Crippen molar-refractivity contribution < 1.29 is 0 Å². The van der Waals surface area contributed by atoms with Crippen LogP contribution in [0.1, 0.15) is 75.8 Å². The molecule has 0 aliphatic rings. The zero-order valence-electron chi connectivity index (χ0n) is 20.3. The average molecular weight is 421 g/mol. The van der Waals surface area contributed by atoms with E-state index in [0.29, 0.717) is 6.04 Å². The summed E-state index contributed by atoms with van der Waals surface area (Å²) < 4.78 is 1.88. The molecule has 0 aliphatic heterocycles. The molecule has 0 radical (unpaired) electrons. The summed E-state index contributed by atoms with van der Waals surface area (Å²) in [6.45, 7) is 20.4. The summed E-state index contributed by atoms with van der Waals surface area (Å²) >= 11 is 0. The molecular weight excluding hydrogens is 380 g/mol. The van der Waals surface area contributed by atoms with Crippen molar-refractivity contribution in [3.8, 4) is 0 Å². The summed E-state index contributed by atoms with van der Waals surface area (Å²) in [7, 11) is 0. The first kappa shape index (κ1) is 26.2. The molecule has 0 unspecified atom stereocenters. The maximum atomic E-state index is 4.32. The van der Waals surface area contributed by atoms with Crippen molar-refractivity contribution in [3.63, 3.8) is 0 Å². The zero-order valence-corrected chi connectivity index (χ0v) is 20.3. The largest absolute Gasteiger partial charge is 0.389 e. The third-order valence-electron chi connectivity index (χ3n) is 5.02. The first-order valence-electron chi connectivity index (χ1n) is 11.4. The Labute approximate surface area is 189 Å². The van der Waals surface area contributed by atoms with Gasteiger partial charge in [0.25, 0.3) is 0 Å². The Balaban J connectivity index is 0.000000343. The van der Waals surface area contributed by atoms with Crippen LogP contribution in [0.25, 0.3) is 11.1 Å². The summed E-state index contributed by atoms with van der Waals surface area (Å²) in [5.41, 5.74) is 6.46. The molecular formula is C27H40N4. The lowest BCUT2D eigenvalue weighted by Gasteiger charge is -2.14. The number of hydrogen-bond donors (Lipinski definition) is 1. The van der Waals surface area contributed by atoms with Crippen LogP contribution in [0.15, 0.2) is 62.2 Å². The second-order valence-electron chi connectivity index (χ2n) is 7.33. The van der Waals surface area contributed by atoms with Crippen molar-refractivity contribution in [2.45, 2.75) is 73.3 Å². The Morgan fingerprint density at radius 3 is 2.42 bits per heavy atom. The molecule has 3 heterocycles. The number of aryl methyl sites for hydroxylation is 2. The van der Waals surface area contributed by atoms with Gasteiger partial charge in [-0.15, -0.1) is 0 Å². The minimum Gasteiger partial charge on any atom is -0.389 e. The highest BCUT2D eigenvalue weighted by Gasteiger charge is 2.08. The number of fused-ring (bicyclic) bond motifs is 1. The normalized spacial score (nSPS) is 10.0. The van der Waals surface area contributed by atoms with Crippen molar-refractivity contribution in [2.75, 3.05) is 0 Å². The highest BCUT2D eigenvalue weighted by Crippen LogP contribution is 2.24. The van der Waals surface area contributed by atoms with Gasteiger partial charge in [-0.05, 0) is 67.8 Å². The average Bonchev–Trinajstić information content (AvgIpc) is 3.16. The van der Waals surface area contributed by atoms with Crippen LogP contribution in [0, 0.1) is 13.8 Å². The Bertz CT molecular complexity index is 933. The smallest absolute Gasteiger partial charge is 0.0696 e. The molecule has 4 heteroatoms. The number of pyridine rings is 2.